The molecule has 0 bridgehead atoms. The van der Waals surface area contributed by atoms with Crippen LogP contribution in [0.1, 0.15) is 31.3 Å². The van der Waals surface area contributed by atoms with Crippen molar-refractivity contribution in [1.82, 2.24) is 19.5 Å². The zero-order valence-corrected chi connectivity index (χ0v) is 14.3. The SMILES string of the molecule is CC(C)C(c1ccc2nc(CF)[nH]c2c1)n1ccnc1.O=C(O)C(=O)O. The first-order valence-corrected chi connectivity index (χ1v) is 7.81. The molecule has 2 heterocycles. The second kappa shape index (κ2) is 8.24. The number of nitrogens with zero attached hydrogens (tertiary/aromatic N) is 3. The van der Waals surface area contributed by atoms with Crippen molar-refractivity contribution >= 4 is 23.0 Å². The Kier molecular flexibility index (Phi) is 6.05. The number of fused-ring (bicyclic) bond motifs is 1. The summed E-state index contributed by atoms with van der Waals surface area (Å²) in [4.78, 5) is 29.5. The molecule has 0 aliphatic rings. The van der Waals surface area contributed by atoms with Gasteiger partial charge in [0.25, 0.3) is 0 Å². The Morgan fingerprint density at radius 2 is 1.96 bits per heavy atom. The molecule has 3 rings (SSSR count). The number of rotatable bonds is 4. The van der Waals surface area contributed by atoms with Gasteiger partial charge in [-0.1, -0.05) is 19.9 Å². The fourth-order valence-electron chi connectivity index (χ4n) is 2.66. The molecule has 1 atom stereocenters. The van der Waals surface area contributed by atoms with Crippen molar-refractivity contribution in [3.05, 3.63) is 48.3 Å². The van der Waals surface area contributed by atoms with E-state index < -0.39 is 18.6 Å². The van der Waals surface area contributed by atoms with E-state index in [1.807, 2.05) is 24.7 Å². The summed E-state index contributed by atoms with van der Waals surface area (Å²) in [6.45, 7) is 3.78. The molecule has 138 valence electrons. The van der Waals surface area contributed by atoms with Gasteiger partial charge in [0.05, 0.1) is 23.4 Å². The first kappa shape index (κ1) is 19.1. The van der Waals surface area contributed by atoms with Crippen molar-refractivity contribution in [2.24, 2.45) is 5.92 Å². The Balaban J connectivity index is 0.000000352. The van der Waals surface area contributed by atoms with Crippen LogP contribution in [-0.4, -0.2) is 41.7 Å². The minimum Gasteiger partial charge on any atom is -0.473 e. The van der Waals surface area contributed by atoms with Gasteiger partial charge < -0.3 is 19.8 Å². The first-order valence-electron chi connectivity index (χ1n) is 7.81. The molecule has 1 aromatic carbocycles. The Hall–Kier alpha value is -3.23. The van der Waals surface area contributed by atoms with E-state index in [-0.39, 0.29) is 6.04 Å². The summed E-state index contributed by atoms with van der Waals surface area (Å²) >= 11 is 0. The molecule has 0 amide bonds. The number of imidazole rings is 2. The van der Waals surface area contributed by atoms with Crippen molar-refractivity contribution in [2.45, 2.75) is 26.6 Å². The number of carboxylic acids is 2. The molecule has 3 N–H and O–H groups in total. The Bertz CT molecular complexity index is 877. The van der Waals surface area contributed by atoms with Crippen LogP contribution in [0.2, 0.25) is 0 Å². The van der Waals surface area contributed by atoms with Crippen LogP contribution in [0.15, 0.2) is 36.9 Å². The highest BCUT2D eigenvalue weighted by Gasteiger charge is 2.18. The van der Waals surface area contributed by atoms with Gasteiger partial charge in [0.15, 0.2) is 0 Å². The van der Waals surface area contributed by atoms with Crippen molar-refractivity contribution in [1.29, 1.82) is 0 Å². The summed E-state index contributed by atoms with van der Waals surface area (Å²) in [5.41, 5.74) is 2.84. The first-order chi connectivity index (χ1) is 12.3. The molecule has 8 nitrogen and oxygen atoms in total. The smallest absolute Gasteiger partial charge is 0.414 e. The summed E-state index contributed by atoms with van der Waals surface area (Å²) in [6, 6.07) is 6.24. The molecular weight excluding hydrogens is 343 g/mol. The number of nitrogens with one attached hydrogen (secondary N) is 1. The van der Waals surface area contributed by atoms with Crippen LogP contribution in [0, 0.1) is 5.92 Å². The number of aromatic nitrogens is 4. The van der Waals surface area contributed by atoms with Crippen LogP contribution < -0.4 is 0 Å². The third-order valence-electron chi connectivity index (χ3n) is 3.68. The van der Waals surface area contributed by atoms with E-state index in [1.54, 1.807) is 6.20 Å². The zero-order valence-electron chi connectivity index (χ0n) is 14.3. The van der Waals surface area contributed by atoms with Gasteiger partial charge in [0, 0.05) is 12.4 Å². The molecule has 0 spiro atoms. The lowest BCUT2D eigenvalue weighted by atomic mass is 9.95. The topological polar surface area (TPSA) is 121 Å². The monoisotopic (exact) mass is 362 g/mol. The maximum absolute atomic E-state index is 12.7. The van der Waals surface area contributed by atoms with Crippen LogP contribution in [0.3, 0.4) is 0 Å². The van der Waals surface area contributed by atoms with Gasteiger partial charge in [-0.2, -0.15) is 0 Å². The van der Waals surface area contributed by atoms with Gasteiger partial charge in [-0.05, 0) is 23.6 Å². The Morgan fingerprint density at radius 1 is 1.27 bits per heavy atom. The molecule has 0 fully saturated rings. The maximum Gasteiger partial charge on any atom is 0.414 e. The van der Waals surface area contributed by atoms with Crippen molar-refractivity contribution in [2.75, 3.05) is 0 Å². The minimum absolute atomic E-state index is 0.207. The average molecular weight is 362 g/mol. The number of hydrogen-bond acceptors (Lipinski definition) is 4. The van der Waals surface area contributed by atoms with E-state index >= 15 is 0 Å². The van der Waals surface area contributed by atoms with Crippen molar-refractivity contribution < 1.29 is 24.2 Å². The molecule has 26 heavy (non-hydrogen) atoms. The number of carboxylic acid groups (broad SMARTS) is 2. The largest absolute Gasteiger partial charge is 0.473 e. The Morgan fingerprint density at radius 3 is 2.46 bits per heavy atom. The molecule has 0 aliphatic carbocycles. The summed E-state index contributed by atoms with van der Waals surface area (Å²) in [5, 5.41) is 14.8. The van der Waals surface area contributed by atoms with Gasteiger partial charge >= 0.3 is 11.9 Å². The van der Waals surface area contributed by atoms with E-state index in [1.165, 1.54) is 5.56 Å². The van der Waals surface area contributed by atoms with E-state index in [4.69, 9.17) is 19.8 Å². The number of hydrogen-bond donors (Lipinski definition) is 3. The van der Waals surface area contributed by atoms with E-state index in [2.05, 4.69) is 39.4 Å². The lowest BCUT2D eigenvalue weighted by molar-refractivity contribution is -0.159. The lowest BCUT2D eigenvalue weighted by Gasteiger charge is -2.22. The molecule has 0 radical (unpaired) electrons. The fourth-order valence-corrected chi connectivity index (χ4v) is 2.66. The van der Waals surface area contributed by atoms with Gasteiger partial charge in [-0.15, -0.1) is 0 Å². The predicted octanol–water partition coefficient (Wildman–Crippen LogP) is 2.63. The summed E-state index contributed by atoms with van der Waals surface area (Å²) in [5.74, 6) is -2.85. The number of H-pyrrole nitrogens is 1. The van der Waals surface area contributed by atoms with Crippen LogP contribution in [-0.2, 0) is 16.3 Å². The van der Waals surface area contributed by atoms with Crippen LogP contribution >= 0.6 is 0 Å². The highest BCUT2D eigenvalue weighted by atomic mass is 19.1. The summed E-state index contributed by atoms with van der Waals surface area (Å²) in [6.07, 6.45) is 5.58. The summed E-state index contributed by atoms with van der Waals surface area (Å²) < 4.78 is 14.8. The second-order valence-electron chi connectivity index (χ2n) is 5.90. The number of halogens is 1. The van der Waals surface area contributed by atoms with Crippen LogP contribution in [0.5, 0.6) is 0 Å². The third-order valence-corrected chi connectivity index (χ3v) is 3.68. The molecule has 9 heteroatoms. The van der Waals surface area contributed by atoms with Gasteiger partial charge in [-0.3, -0.25) is 0 Å². The maximum atomic E-state index is 12.7. The Labute approximate surface area is 148 Å². The lowest BCUT2D eigenvalue weighted by Crippen LogP contribution is -2.15. The molecule has 3 aromatic rings. The highest BCUT2D eigenvalue weighted by molar-refractivity contribution is 6.27. The number of carbonyl (C=O) groups is 2. The van der Waals surface area contributed by atoms with Gasteiger partial charge in [0.2, 0.25) is 0 Å². The van der Waals surface area contributed by atoms with Crippen molar-refractivity contribution in [3.63, 3.8) is 0 Å². The highest BCUT2D eigenvalue weighted by Crippen LogP contribution is 2.28. The van der Waals surface area contributed by atoms with E-state index in [9.17, 15) is 4.39 Å². The number of benzene rings is 1. The second-order valence-corrected chi connectivity index (χ2v) is 5.90. The normalized spacial score (nSPS) is 11.8. The van der Waals surface area contributed by atoms with Gasteiger partial charge in [-0.25, -0.2) is 23.9 Å². The number of aliphatic carboxylic acids is 2. The predicted molar refractivity (Wildman–Crippen MR) is 91.4 cm³/mol. The fraction of sp³-hybridized carbons (Fsp3) is 0.294. The minimum atomic E-state index is -1.82. The van der Waals surface area contributed by atoms with Gasteiger partial charge in [0.1, 0.15) is 12.5 Å². The molecule has 0 aliphatic heterocycles. The van der Waals surface area contributed by atoms with Crippen LogP contribution in [0.25, 0.3) is 11.0 Å². The molecule has 0 saturated carbocycles. The number of alkyl halides is 1. The summed E-state index contributed by atoms with van der Waals surface area (Å²) in [7, 11) is 0. The number of aromatic amines is 1. The molecule has 2 aromatic heterocycles. The van der Waals surface area contributed by atoms with E-state index in [0.29, 0.717) is 11.7 Å². The standard InChI is InChI=1S/C15H17FN4.C2H2O4/c1-10(2)15(20-6-5-17-9-20)11-3-4-12-13(7-11)19-14(8-16)18-12;3-1(4)2(5)6/h3-7,9-10,15H,8H2,1-2H3,(H,18,19);(H,3,4)(H,5,6). The molecule has 1 unspecified atom stereocenters. The molecule has 0 saturated heterocycles. The van der Waals surface area contributed by atoms with Crippen molar-refractivity contribution in [3.8, 4) is 0 Å². The molecular formula is C17H19FN4O4. The third kappa shape index (κ3) is 4.44. The average Bonchev–Trinajstić information content (AvgIpc) is 3.24. The van der Waals surface area contributed by atoms with Crippen LogP contribution in [0.4, 0.5) is 4.39 Å². The quantitative estimate of drug-likeness (QED) is 0.614. The zero-order chi connectivity index (χ0) is 19.3. The van der Waals surface area contributed by atoms with E-state index in [0.717, 1.165) is 11.0 Å².